The Morgan fingerprint density at radius 2 is 2.25 bits per heavy atom. The SMILES string of the molecule is Cc1cccc(C(NN)C2CCOC3(CCC3)C2)c1Br. The number of nitrogens with two attached hydrogens (primary N) is 1. The van der Waals surface area contributed by atoms with Crippen LogP contribution in [0.5, 0.6) is 0 Å². The largest absolute Gasteiger partial charge is 0.375 e. The van der Waals surface area contributed by atoms with E-state index in [1.165, 1.54) is 34.9 Å². The summed E-state index contributed by atoms with van der Waals surface area (Å²) in [6.07, 6.45) is 5.95. The highest BCUT2D eigenvalue weighted by atomic mass is 79.9. The van der Waals surface area contributed by atoms with Crippen molar-refractivity contribution in [3.8, 4) is 0 Å². The number of ether oxygens (including phenoxy) is 1. The molecule has 0 bridgehead atoms. The molecule has 3 N–H and O–H groups in total. The first-order chi connectivity index (χ1) is 9.65. The Hall–Kier alpha value is -0.420. The molecule has 1 spiro atoms. The van der Waals surface area contributed by atoms with Crippen molar-refractivity contribution in [3.05, 3.63) is 33.8 Å². The van der Waals surface area contributed by atoms with Gasteiger partial charge in [-0.2, -0.15) is 0 Å². The smallest absolute Gasteiger partial charge is 0.0686 e. The fraction of sp³-hybridized carbons (Fsp3) is 0.625. The molecule has 1 aromatic carbocycles. The number of aryl methyl sites for hydroxylation is 1. The van der Waals surface area contributed by atoms with Crippen LogP contribution >= 0.6 is 15.9 Å². The average molecular weight is 339 g/mol. The first-order valence-electron chi connectivity index (χ1n) is 7.50. The molecule has 2 atom stereocenters. The van der Waals surface area contributed by atoms with Crippen LogP contribution in [0.4, 0.5) is 0 Å². The highest BCUT2D eigenvalue weighted by Gasteiger charge is 2.44. The van der Waals surface area contributed by atoms with Gasteiger partial charge in [0.1, 0.15) is 0 Å². The standard InChI is InChI=1S/C16H23BrN2O/c1-11-4-2-5-13(14(11)17)15(19-18)12-6-9-20-16(10-12)7-3-8-16/h2,4-5,12,15,19H,3,6-10,18H2,1H3. The van der Waals surface area contributed by atoms with Crippen LogP contribution in [-0.4, -0.2) is 12.2 Å². The lowest BCUT2D eigenvalue weighted by Gasteiger charge is -2.48. The number of benzene rings is 1. The molecular weight excluding hydrogens is 316 g/mol. The second kappa shape index (κ2) is 5.76. The van der Waals surface area contributed by atoms with Crippen LogP contribution in [0.25, 0.3) is 0 Å². The number of hydrogen-bond donors (Lipinski definition) is 2. The Balaban J connectivity index is 1.84. The van der Waals surface area contributed by atoms with Gasteiger partial charge in [-0.15, -0.1) is 0 Å². The molecule has 1 saturated heterocycles. The van der Waals surface area contributed by atoms with E-state index in [1.54, 1.807) is 0 Å². The first-order valence-corrected chi connectivity index (χ1v) is 8.30. The molecule has 20 heavy (non-hydrogen) atoms. The molecular formula is C16H23BrN2O. The fourth-order valence-corrected chi connectivity index (χ4v) is 4.17. The van der Waals surface area contributed by atoms with E-state index in [9.17, 15) is 0 Å². The van der Waals surface area contributed by atoms with Crippen LogP contribution in [0.15, 0.2) is 22.7 Å². The lowest BCUT2D eigenvalue weighted by molar-refractivity contribution is -0.147. The van der Waals surface area contributed by atoms with Gasteiger partial charge in [0.25, 0.3) is 0 Å². The maximum atomic E-state index is 6.04. The van der Waals surface area contributed by atoms with E-state index in [1.807, 2.05) is 0 Å². The molecule has 0 radical (unpaired) electrons. The maximum Gasteiger partial charge on any atom is 0.0686 e. The Kier molecular flexibility index (Phi) is 4.18. The van der Waals surface area contributed by atoms with Crippen molar-refractivity contribution >= 4 is 15.9 Å². The van der Waals surface area contributed by atoms with E-state index in [4.69, 9.17) is 10.6 Å². The van der Waals surface area contributed by atoms with Gasteiger partial charge < -0.3 is 4.74 Å². The summed E-state index contributed by atoms with van der Waals surface area (Å²) in [6.45, 7) is 2.99. The normalized spacial score (nSPS) is 26.2. The van der Waals surface area contributed by atoms with Gasteiger partial charge in [-0.1, -0.05) is 34.1 Å². The second-order valence-corrected chi connectivity index (χ2v) is 7.05. The number of rotatable bonds is 3. The van der Waals surface area contributed by atoms with Crippen LogP contribution in [-0.2, 0) is 4.74 Å². The average Bonchev–Trinajstić information content (AvgIpc) is 2.43. The summed E-state index contributed by atoms with van der Waals surface area (Å²) in [7, 11) is 0. The summed E-state index contributed by atoms with van der Waals surface area (Å²) < 4.78 is 7.21. The van der Waals surface area contributed by atoms with Crippen molar-refractivity contribution < 1.29 is 4.74 Å². The van der Waals surface area contributed by atoms with Gasteiger partial charge in [0.05, 0.1) is 11.6 Å². The van der Waals surface area contributed by atoms with E-state index in [0.717, 1.165) is 19.4 Å². The lowest BCUT2D eigenvalue weighted by Crippen LogP contribution is -2.48. The van der Waals surface area contributed by atoms with Crippen molar-refractivity contribution in [1.29, 1.82) is 0 Å². The zero-order chi connectivity index (χ0) is 14.2. The molecule has 2 fully saturated rings. The third-order valence-corrected chi connectivity index (χ3v) is 6.09. The van der Waals surface area contributed by atoms with Crippen molar-refractivity contribution in [2.45, 2.75) is 50.7 Å². The number of halogens is 1. The summed E-state index contributed by atoms with van der Waals surface area (Å²) in [5.74, 6) is 6.44. The molecule has 3 rings (SSSR count). The Bertz CT molecular complexity index is 487. The highest BCUT2D eigenvalue weighted by molar-refractivity contribution is 9.10. The van der Waals surface area contributed by atoms with Gasteiger partial charge >= 0.3 is 0 Å². The van der Waals surface area contributed by atoms with Crippen LogP contribution in [0.3, 0.4) is 0 Å². The molecule has 4 heteroatoms. The predicted molar refractivity (Wildman–Crippen MR) is 84.2 cm³/mol. The molecule has 0 amide bonds. The van der Waals surface area contributed by atoms with E-state index in [0.29, 0.717) is 5.92 Å². The quantitative estimate of drug-likeness (QED) is 0.653. The van der Waals surface area contributed by atoms with Crippen molar-refractivity contribution in [2.24, 2.45) is 11.8 Å². The van der Waals surface area contributed by atoms with Gasteiger partial charge in [0, 0.05) is 11.1 Å². The molecule has 110 valence electrons. The van der Waals surface area contributed by atoms with Gasteiger partial charge in [0.15, 0.2) is 0 Å². The minimum atomic E-state index is 0.161. The minimum absolute atomic E-state index is 0.161. The molecule has 1 aliphatic carbocycles. The zero-order valence-electron chi connectivity index (χ0n) is 12.0. The summed E-state index contributed by atoms with van der Waals surface area (Å²) in [6, 6.07) is 6.60. The third-order valence-electron chi connectivity index (χ3n) is 5.00. The summed E-state index contributed by atoms with van der Waals surface area (Å²) in [5.41, 5.74) is 5.75. The molecule has 2 aliphatic rings. The monoisotopic (exact) mass is 338 g/mol. The highest BCUT2D eigenvalue weighted by Crippen LogP contribution is 2.47. The van der Waals surface area contributed by atoms with Crippen molar-refractivity contribution in [2.75, 3.05) is 6.61 Å². The molecule has 1 aliphatic heterocycles. The van der Waals surface area contributed by atoms with Crippen molar-refractivity contribution in [1.82, 2.24) is 5.43 Å². The Morgan fingerprint density at radius 3 is 2.90 bits per heavy atom. The minimum Gasteiger partial charge on any atom is -0.375 e. The summed E-state index contributed by atoms with van der Waals surface area (Å²) in [4.78, 5) is 0. The zero-order valence-corrected chi connectivity index (χ0v) is 13.6. The van der Waals surface area contributed by atoms with Crippen LogP contribution in [0, 0.1) is 12.8 Å². The number of nitrogens with one attached hydrogen (secondary N) is 1. The molecule has 1 saturated carbocycles. The third kappa shape index (κ3) is 2.54. The maximum absolute atomic E-state index is 6.04. The lowest BCUT2D eigenvalue weighted by atomic mass is 9.69. The van der Waals surface area contributed by atoms with E-state index in [-0.39, 0.29) is 11.6 Å². The summed E-state index contributed by atoms with van der Waals surface area (Å²) in [5, 5.41) is 0. The fourth-order valence-electron chi connectivity index (χ4n) is 3.66. The second-order valence-electron chi connectivity index (χ2n) is 6.26. The molecule has 1 heterocycles. The molecule has 2 unspecified atom stereocenters. The van der Waals surface area contributed by atoms with Gasteiger partial charge in [-0.3, -0.25) is 11.3 Å². The Morgan fingerprint density at radius 1 is 1.45 bits per heavy atom. The van der Waals surface area contributed by atoms with E-state index < -0.39 is 0 Å². The van der Waals surface area contributed by atoms with Crippen LogP contribution in [0.2, 0.25) is 0 Å². The van der Waals surface area contributed by atoms with E-state index >= 15 is 0 Å². The van der Waals surface area contributed by atoms with Crippen LogP contribution in [0.1, 0.15) is 49.3 Å². The Labute approximate surface area is 129 Å². The number of hydrogen-bond acceptors (Lipinski definition) is 3. The molecule has 0 aromatic heterocycles. The topological polar surface area (TPSA) is 47.3 Å². The van der Waals surface area contributed by atoms with E-state index in [2.05, 4.69) is 46.5 Å². The van der Waals surface area contributed by atoms with Gasteiger partial charge in [-0.05, 0) is 56.1 Å². The molecule has 3 nitrogen and oxygen atoms in total. The van der Waals surface area contributed by atoms with Gasteiger partial charge in [-0.25, -0.2) is 0 Å². The van der Waals surface area contributed by atoms with Gasteiger partial charge in [0.2, 0.25) is 0 Å². The predicted octanol–water partition coefficient (Wildman–Crippen LogP) is 3.61. The summed E-state index contributed by atoms with van der Waals surface area (Å²) >= 11 is 3.72. The first kappa shape index (κ1) is 14.5. The van der Waals surface area contributed by atoms with Crippen LogP contribution < -0.4 is 11.3 Å². The molecule has 1 aromatic rings. The van der Waals surface area contributed by atoms with Crippen molar-refractivity contribution in [3.63, 3.8) is 0 Å². The number of hydrazine groups is 1.